The molecule has 76 valence electrons. The molecule has 3 N–H and O–H groups in total. The number of benzene rings is 1. The zero-order valence-electron chi connectivity index (χ0n) is 8.50. The van der Waals surface area contributed by atoms with Crippen LogP contribution in [0.1, 0.15) is 24.8 Å². The van der Waals surface area contributed by atoms with Gasteiger partial charge in [-0.1, -0.05) is 30.3 Å². The molecule has 0 amide bonds. The fourth-order valence-electron chi connectivity index (χ4n) is 2.26. The summed E-state index contributed by atoms with van der Waals surface area (Å²) in [5.74, 6) is 0. The molecule has 0 saturated carbocycles. The molecule has 1 aromatic carbocycles. The third-order valence-corrected chi connectivity index (χ3v) is 3.17. The Kier molecular flexibility index (Phi) is 2.85. The lowest BCUT2D eigenvalue weighted by atomic mass is 9.82. The highest BCUT2D eigenvalue weighted by Gasteiger charge is 2.31. The minimum Gasteiger partial charge on any atom is -0.328 e. The van der Waals surface area contributed by atoms with Crippen LogP contribution in [0.3, 0.4) is 0 Å². The molecule has 1 aromatic rings. The van der Waals surface area contributed by atoms with E-state index in [9.17, 15) is 0 Å². The second kappa shape index (κ2) is 4.11. The van der Waals surface area contributed by atoms with Crippen molar-refractivity contribution in [1.82, 2.24) is 5.32 Å². The van der Waals surface area contributed by atoms with Crippen LogP contribution in [0.15, 0.2) is 30.3 Å². The van der Waals surface area contributed by atoms with Gasteiger partial charge >= 0.3 is 0 Å². The Balaban J connectivity index is 2.27. The second-order valence-electron chi connectivity index (χ2n) is 4.04. The van der Waals surface area contributed by atoms with Crippen molar-refractivity contribution < 1.29 is 0 Å². The molecule has 0 spiro atoms. The van der Waals surface area contributed by atoms with Crippen molar-refractivity contribution in [2.75, 3.05) is 13.1 Å². The zero-order chi connectivity index (χ0) is 9.86. The Labute approximate surface area is 85.5 Å². The van der Waals surface area contributed by atoms with Crippen LogP contribution in [0, 0.1) is 0 Å². The van der Waals surface area contributed by atoms with Gasteiger partial charge in [0.05, 0.1) is 5.54 Å². The zero-order valence-corrected chi connectivity index (χ0v) is 8.50. The van der Waals surface area contributed by atoms with E-state index in [2.05, 4.69) is 35.6 Å². The fourth-order valence-corrected chi connectivity index (χ4v) is 2.26. The third-order valence-electron chi connectivity index (χ3n) is 3.17. The first kappa shape index (κ1) is 9.69. The maximum atomic E-state index is 5.91. The first-order chi connectivity index (χ1) is 6.87. The van der Waals surface area contributed by atoms with Crippen molar-refractivity contribution in [3.8, 4) is 0 Å². The number of nitrogens with two attached hydrogens (primary N) is 1. The van der Waals surface area contributed by atoms with Gasteiger partial charge in [0.2, 0.25) is 0 Å². The molecule has 1 aliphatic rings. The largest absolute Gasteiger partial charge is 0.328 e. The van der Waals surface area contributed by atoms with E-state index in [0.717, 1.165) is 13.0 Å². The quantitative estimate of drug-likeness (QED) is 0.743. The summed E-state index contributed by atoms with van der Waals surface area (Å²) in [6, 6.07) is 10.6. The molecule has 0 aromatic heterocycles. The van der Waals surface area contributed by atoms with Gasteiger partial charge in [0.1, 0.15) is 0 Å². The Morgan fingerprint density at radius 3 is 2.57 bits per heavy atom. The summed E-state index contributed by atoms with van der Waals surface area (Å²) < 4.78 is 0. The van der Waals surface area contributed by atoms with E-state index in [1.54, 1.807) is 0 Å². The predicted octanol–water partition coefficient (Wildman–Crippen LogP) is 1.61. The van der Waals surface area contributed by atoms with Crippen LogP contribution >= 0.6 is 0 Å². The summed E-state index contributed by atoms with van der Waals surface area (Å²) in [4.78, 5) is 0. The van der Waals surface area contributed by atoms with Crippen molar-refractivity contribution in [2.24, 2.45) is 5.73 Å². The normalized spacial score (nSPS) is 27.5. The van der Waals surface area contributed by atoms with Gasteiger partial charge in [0.15, 0.2) is 0 Å². The molecule has 1 saturated heterocycles. The molecule has 2 heteroatoms. The molecule has 1 aliphatic heterocycles. The SMILES string of the molecule is NCC1(c2ccccc2)CCCCN1. The third kappa shape index (κ3) is 1.68. The van der Waals surface area contributed by atoms with Gasteiger partial charge in [0, 0.05) is 6.54 Å². The van der Waals surface area contributed by atoms with E-state index in [1.165, 1.54) is 18.4 Å². The lowest BCUT2D eigenvalue weighted by molar-refractivity contribution is 0.265. The van der Waals surface area contributed by atoms with Gasteiger partial charge in [-0.3, -0.25) is 0 Å². The summed E-state index contributed by atoms with van der Waals surface area (Å²) in [6.45, 7) is 1.78. The average molecular weight is 190 g/mol. The molecule has 0 radical (unpaired) electrons. The van der Waals surface area contributed by atoms with E-state index in [1.807, 2.05) is 0 Å². The van der Waals surface area contributed by atoms with Gasteiger partial charge in [-0.2, -0.15) is 0 Å². The van der Waals surface area contributed by atoms with Crippen LogP contribution in [0.4, 0.5) is 0 Å². The summed E-state index contributed by atoms with van der Waals surface area (Å²) in [6.07, 6.45) is 3.71. The van der Waals surface area contributed by atoms with E-state index in [4.69, 9.17) is 5.73 Å². The highest BCUT2D eigenvalue weighted by molar-refractivity contribution is 5.25. The summed E-state index contributed by atoms with van der Waals surface area (Å²) in [5, 5.41) is 3.57. The van der Waals surface area contributed by atoms with Crippen molar-refractivity contribution in [3.05, 3.63) is 35.9 Å². The van der Waals surface area contributed by atoms with Crippen LogP contribution in [0.25, 0.3) is 0 Å². The number of hydrogen-bond donors (Lipinski definition) is 2. The highest BCUT2D eigenvalue weighted by atomic mass is 15.0. The maximum absolute atomic E-state index is 5.91. The number of piperidine rings is 1. The maximum Gasteiger partial charge on any atom is 0.0558 e. The van der Waals surface area contributed by atoms with Crippen LogP contribution < -0.4 is 11.1 Å². The number of rotatable bonds is 2. The summed E-state index contributed by atoms with van der Waals surface area (Å²) >= 11 is 0. The van der Waals surface area contributed by atoms with Crippen LogP contribution in [-0.2, 0) is 5.54 Å². The standard InChI is InChI=1S/C12H18N2/c13-10-12(8-4-5-9-14-12)11-6-2-1-3-7-11/h1-3,6-7,14H,4-5,8-10,13H2. The lowest BCUT2D eigenvalue weighted by Gasteiger charge is -2.38. The monoisotopic (exact) mass is 190 g/mol. The minimum atomic E-state index is 0.0412. The first-order valence-electron chi connectivity index (χ1n) is 5.38. The molecule has 0 bridgehead atoms. The topological polar surface area (TPSA) is 38.0 Å². The highest BCUT2D eigenvalue weighted by Crippen LogP contribution is 2.28. The van der Waals surface area contributed by atoms with Gasteiger partial charge in [-0.05, 0) is 31.4 Å². The molecule has 1 heterocycles. The van der Waals surface area contributed by atoms with Crippen molar-refractivity contribution >= 4 is 0 Å². The Morgan fingerprint density at radius 1 is 1.21 bits per heavy atom. The second-order valence-corrected chi connectivity index (χ2v) is 4.04. The smallest absolute Gasteiger partial charge is 0.0558 e. The Morgan fingerprint density at radius 2 is 2.00 bits per heavy atom. The predicted molar refractivity (Wildman–Crippen MR) is 59.0 cm³/mol. The summed E-state index contributed by atoms with van der Waals surface area (Å²) in [5.41, 5.74) is 7.28. The number of nitrogens with one attached hydrogen (secondary N) is 1. The van der Waals surface area contributed by atoms with Crippen molar-refractivity contribution in [3.63, 3.8) is 0 Å². The Hall–Kier alpha value is -0.860. The molecule has 14 heavy (non-hydrogen) atoms. The molecule has 1 atom stereocenters. The van der Waals surface area contributed by atoms with E-state index < -0.39 is 0 Å². The first-order valence-corrected chi connectivity index (χ1v) is 5.38. The van der Waals surface area contributed by atoms with Gasteiger partial charge in [-0.25, -0.2) is 0 Å². The molecule has 2 nitrogen and oxygen atoms in total. The fraction of sp³-hybridized carbons (Fsp3) is 0.500. The minimum absolute atomic E-state index is 0.0412. The van der Waals surface area contributed by atoms with Crippen LogP contribution in [0.5, 0.6) is 0 Å². The van der Waals surface area contributed by atoms with Crippen LogP contribution in [0.2, 0.25) is 0 Å². The average Bonchev–Trinajstić information content (AvgIpc) is 2.31. The molecular weight excluding hydrogens is 172 g/mol. The lowest BCUT2D eigenvalue weighted by Crippen LogP contribution is -2.51. The summed E-state index contributed by atoms with van der Waals surface area (Å²) in [7, 11) is 0. The van der Waals surface area contributed by atoms with Gasteiger partial charge in [0.25, 0.3) is 0 Å². The van der Waals surface area contributed by atoms with Crippen LogP contribution in [-0.4, -0.2) is 13.1 Å². The number of hydrogen-bond acceptors (Lipinski definition) is 2. The van der Waals surface area contributed by atoms with Crippen molar-refractivity contribution in [1.29, 1.82) is 0 Å². The molecule has 1 fully saturated rings. The van der Waals surface area contributed by atoms with E-state index in [-0.39, 0.29) is 5.54 Å². The van der Waals surface area contributed by atoms with Gasteiger partial charge in [-0.15, -0.1) is 0 Å². The van der Waals surface area contributed by atoms with E-state index in [0.29, 0.717) is 6.54 Å². The van der Waals surface area contributed by atoms with E-state index >= 15 is 0 Å². The molecular formula is C12H18N2. The Bertz CT molecular complexity index is 276. The van der Waals surface area contributed by atoms with Crippen molar-refractivity contribution in [2.45, 2.75) is 24.8 Å². The molecule has 1 unspecified atom stereocenters. The molecule has 0 aliphatic carbocycles. The van der Waals surface area contributed by atoms with Gasteiger partial charge < -0.3 is 11.1 Å². The molecule has 2 rings (SSSR count).